The van der Waals surface area contributed by atoms with Crippen LogP contribution in [0.25, 0.3) is 0 Å². The molecule has 1 fully saturated rings. The highest BCUT2D eigenvalue weighted by Gasteiger charge is 2.13. The SMILES string of the molecule is C=C.C=C(C#N)/C(=C\C)N1CCNCC1. The summed E-state index contributed by atoms with van der Waals surface area (Å²) in [4.78, 5) is 2.20. The second-order valence-electron chi connectivity index (χ2n) is 3.00. The summed E-state index contributed by atoms with van der Waals surface area (Å²) in [6, 6.07) is 2.09. The number of rotatable bonds is 2. The summed E-state index contributed by atoms with van der Waals surface area (Å²) in [6.45, 7) is 15.6. The van der Waals surface area contributed by atoms with Gasteiger partial charge in [0.15, 0.2) is 0 Å². The van der Waals surface area contributed by atoms with E-state index in [4.69, 9.17) is 5.26 Å². The molecular formula is C12H19N3. The molecule has 1 rings (SSSR count). The zero-order valence-corrected chi connectivity index (χ0v) is 9.42. The molecule has 0 atom stereocenters. The summed E-state index contributed by atoms with van der Waals surface area (Å²) in [6.07, 6.45) is 1.96. The Hall–Kier alpha value is -1.53. The molecule has 0 spiro atoms. The molecule has 82 valence electrons. The lowest BCUT2D eigenvalue weighted by molar-refractivity contribution is 0.305. The summed E-state index contributed by atoms with van der Waals surface area (Å²) in [5.74, 6) is 0. The molecule has 0 unspecified atom stereocenters. The minimum Gasteiger partial charge on any atom is -0.368 e. The fraction of sp³-hybridized carbons (Fsp3) is 0.417. The molecule has 0 aromatic rings. The van der Waals surface area contributed by atoms with Crippen molar-refractivity contribution in [2.24, 2.45) is 0 Å². The zero-order chi connectivity index (χ0) is 11.7. The maximum Gasteiger partial charge on any atom is 0.101 e. The van der Waals surface area contributed by atoms with Crippen molar-refractivity contribution in [3.05, 3.63) is 37.1 Å². The first-order valence-electron chi connectivity index (χ1n) is 5.01. The van der Waals surface area contributed by atoms with Crippen LogP contribution in [-0.2, 0) is 0 Å². The predicted octanol–water partition coefficient (Wildman–Crippen LogP) is 1.68. The molecule has 0 aromatic heterocycles. The summed E-state index contributed by atoms with van der Waals surface area (Å²) in [5, 5.41) is 12.0. The molecule has 0 amide bonds. The average molecular weight is 205 g/mol. The van der Waals surface area contributed by atoms with Crippen molar-refractivity contribution >= 4 is 0 Å². The Morgan fingerprint density at radius 2 is 1.93 bits per heavy atom. The molecule has 1 heterocycles. The fourth-order valence-corrected chi connectivity index (χ4v) is 1.51. The molecule has 0 bridgehead atoms. The molecule has 15 heavy (non-hydrogen) atoms. The molecule has 0 radical (unpaired) electrons. The first kappa shape index (κ1) is 13.5. The minimum absolute atomic E-state index is 0.560. The van der Waals surface area contributed by atoms with Gasteiger partial charge in [-0.05, 0) is 6.92 Å². The molecule has 1 saturated heterocycles. The van der Waals surface area contributed by atoms with E-state index in [1.807, 2.05) is 13.0 Å². The van der Waals surface area contributed by atoms with Gasteiger partial charge in [-0.3, -0.25) is 0 Å². The quantitative estimate of drug-likeness (QED) is 0.423. The fourth-order valence-electron chi connectivity index (χ4n) is 1.51. The predicted molar refractivity (Wildman–Crippen MR) is 64.2 cm³/mol. The van der Waals surface area contributed by atoms with Gasteiger partial charge in [-0.25, -0.2) is 0 Å². The van der Waals surface area contributed by atoms with Gasteiger partial charge in [0.1, 0.15) is 6.07 Å². The van der Waals surface area contributed by atoms with Crippen molar-refractivity contribution in [1.29, 1.82) is 5.26 Å². The molecule has 3 heteroatoms. The minimum atomic E-state index is 0.560. The van der Waals surface area contributed by atoms with E-state index < -0.39 is 0 Å². The third kappa shape index (κ3) is 4.01. The topological polar surface area (TPSA) is 39.1 Å². The van der Waals surface area contributed by atoms with Gasteiger partial charge < -0.3 is 10.2 Å². The summed E-state index contributed by atoms with van der Waals surface area (Å²) >= 11 is 0. The van der Waals surface area contributed by atoms with E-state index in [2.05, 4.69) is 36.0 Å². The molecule has 1 aliphatic rings. The molecule has 0 aromatic carbocycles. The van der Waals surface area contributed by atoms with Crippen LogP contribution in [0, 0.1) is 11.3 Å². The molecule has 0 saturated carbocycles. The number of hydrogen-bond donors (Lipinski definition) is 1. The van der Waals surface area contributed by atoms with Gasteiger partial charge in [-0.2, -0.15) is 5.26 Å². The van der Waals surface area contributed by atoms with Crippen molar-refractivity contribution in [3.8, 4) is 6.07 Å². The van der Waals surface area contributed by atoms with Crippen molar-refractivity contribution in [1.82, 2.24) is 10.2 Å². The van der Waals surface area contributed by atoms with E-state index in [0.29, 0.717) is 5.57 Å². The van der Waals surface area contributed by atoms with Crippen LogP contribution in [-0.4, -0.2) is 31.1 Å². The average Bonchev–Trinajstić information content (AvgIpc) is 2.33. The van der Waals surface area contributed by atoms with Crippen LogP contribution < -0.4 is 5.32 Å². The lowest BCUT2D eigenvalue weighted by atomic mass is 10.2. The van der Waals surface area contributed by atoms with Crippen LogP contribution in [0.1, 0.15) is 6.92 Å². The highest BCUT2D eigenvalue weighted by molar-refractivity contribution is 5.38. The van der Waals surface area contributed by atoms with Crippen LogP contribution in [0.15, 0.2) is 37.1 Å². The van der Waals surface area contributed by atoms with E-state index in [1.54, 1.807) is 0 Å². The van der Waals surface area contributed by atoms with Gasteiger partial charge in [0.05, 0.1) is 5.57 Å². The first-order valence-corrected chi connectivity index (χ1v) is 5.01. The number of nitriles is 1. The summed E-state index contributed by atoms with van der Waals surface area (Å²) < 4.78 is 0. The highest BCUT2D eigenvalue weighted by atomic mass is 15.2. The Morgan fingerprint density at radius 3 is 2.33 bits per heavy atom. The second kappa shape index (κ2) is 7.84. The summed E-state index contributed by atoms with van der Waals surface area (Å²) in [5.41, 5.74) is 1.54. The van der Waals surface area contributed by atoms with Gasteiger partial charge in [-0.15, -0.1) is 13.2 Å². The molecule has 1 N–H and O–H groups in total. The summed E-state index contributed by atoms with van der Waals surface area (Å²) in [7, 11) is 0. The lowest BCUT2D eigenvalue weighted by Gasteiger charge is -2.31. The van der Waals surface area contributed by atoms with E-state index in [-0.39, 0.29) is 0 Å². The maximum absolute atomic E-state index is 8.73. The molecule has 0 aliphatic carbocycles. The van der Waals surface area contributed by atoms with Crippen LogP contribution in [0.3, 0.4) is 0 Å². The van der Waals surface area contributed by atoms with E-state index >= 15 is 0 Å². The normalized spacial score (nSPS) is 16.0. The van der Waals surface area contributed by atoms with Gasteiger partial charge in [0.25, 0.3) is 0 Å². The van der Waals surface area contributed by atoms with Crippen molar-refractivity contribution in [2.45, 2.75) is 6.92 Å². The van der Waals surface area contributed by atoms with Crippen LogP contribution in [0.4, 0.5) is 0 Å². The molecule has 1 aliphatic heterocycles. The van der Waals surface area contributed by atoms with Gasteiger partial charge >= 0.3 is 0 Å². The monoisotopic (exact) mass is 205 g/mol. The maximum atomic E-state index is 8.73. The Balaban J connectivity index is 0.000000921. The Bertz CT molecular complexity index is 267. The Morgan fingerprint density at radius 1 is 1.40 bits per heavy atom. The number of hydrogen-bond acceptors (Lipinski definition) is 3. The smallest absolute Gasteiger partial charge is 0.101 e. The Kier molecular flexibility index (Phi) is 7.04. The number of nitrogens with one attached hydrogen (secondary N) is 1. The third-order valence-corrected chi connectivity index (χ3v) is 2.18. The number of allylic oxidation sites excluding steroid dienone is 2. The Labute approximate surface area is 92.4 Å². The lowest BCUT2D eigenvalue weighted by Crippen LogP contribution is -2.43. The highest BCUT2D eigenvalue weighted by Crippen LogP contribution is 2.13. The van der Waals surface area contributed by atoms with Crippen LogP contribution in [0.2, 0.25) is 0 Å². The third-order valence-electron chi connectivity index (χ3n) is 2.18. The van der Waals surface area contributed by atoms with Crippen molar-refractivity contribution in [3.63, 3.8) is 0 Å². The second-order valence-corrected chi connectivity index (χ2v) is 3.00. The molecular weight excluding hydrogens is 186 g/mol. The molecule has 3 nitrogen and oxygen atoms in total. The van der Waals surface area contributed by atoms with Crippen molar-refractivity contribution < 1.29 is 0 Å². The largest absolute Gasteiger partial charge is 0.368 e. The van der Waals surface area contributed by atoms with Crippen LogP contribution in [0.5, 0.6) is 0 Å². The van der Waals surface area contributed by atoms with E-state index in [9.17, 15) is 0 Å². The van der Waals surface area contributed by atoms with Crippen molar-refractivity contribution in [2.75, 3.05) is 26.2 Å². The van der Waals surface area contributed by atoms with E-state index in [1.165, 1.54) is 0 Å². The van der Waals surface area contributed by atoms with Gasteiger partial charge in [0.2, 0.25) is 0 Å². The standard InChI is InChI=1S/C10H15N3.C2H4/c1-3-10(9(2)8-11)13-6-4-12-5-7-13;1-2/h3,12H,2,4-7H2,1H3;1-2H2/b10-3+;. The zero-order valence-electron chi connectivity index (χ0n) is 9.42. The van der Waals surface area contributed by atoms with E-state index in [0.717, 1.165) is 31.9 Å². The van der Waals surface area contributed by atoms with Gasteiger partial charge in [-0.1, -0.05) is 12.7 Å². The first-order chi connectivity index (χ1) is 7.29. The number of piperazine rings is 1. The van der Waals surface area contributed by atoms with Gasteiger partial charge in [0, 0.05) is 31.9 Å². The van der Waals surface area contributed by atoms with Crippen LogP contribution >= 0.6 is 0 Å². The number of nitrogens with zero attached hydrogens (tertiary/aromatic N) is 2.